The lowest BCUT2D eigenvalue weighted by Crippen LogP contribution is -1.96. The molecule has 0 amide bonds. The van der Waals surface area contributed by atoms with Crippen molar-refractivity contribution in [1.29, 1.82) is 0 Å². The van der Waals surface area contributed by atoms with Crippen molar-refractivity contribution in [3.63, 3.8) is 0 Å². The van der Waals surface area contributed by atoms with Gasteiger partial charge in [-0.05, 0) is 12.5 Å². The summed E-state index contributed by atoms with van der Waals surface area (Å²) in [4.78, 5) is 11.5. The van der Waals surface area contributed by atoms with Crippen LogP contribution in [0.25, 0.3) is 0 Å². The molecule has 0 N–H and O–H groups in total. The summed E-state index contributed by atoms with van der Waals surface area (Å²) in [5.41, 5.74) is 0.526. The Morgan fingerprint density at radius 3 is 2.77 bits per heavy atom. The highest BCUT2D eigenvalue weighted by Crippen LogP contribution is 2.31. The fraction of sp³-hybridized carbons (Fsp3) is 0.222. The minimum Gasteiger partial charge on any atom is -0.294 e. The molecule has 1 aromatic heterocycles. The Hall–Kier alpha value is -0.310. The van der Waals surface area contributed by atoms with E-state index in [9.17, 15) is 4.79 Å². The lowest BCUT2D eigenvalue weighted by atomic mass is 10.1. The summed E-state index contributed by atoms with van der Waals surface area (Å²) in [5.74, 6) is 0.0213. The van der Waals surface area contributed by atoms with Crippen molar-refractivity contribution in [1.82, 2.24) is 0 Å². The highest BCUT2D eigenvalue weighted by Gasteiger charge is 2.12. The quantitative estimate of drug-likeness (QED) is 0.564. The second-order valence-electron chi connectivity index (χ2n) is 2.49. The van der Waals surface area contributed by atoms with Crippen molar-refractivity contribution in [2.75, 3.05) is 0 Å². The van der Waals surface area contributed by atoms with Crippen LogP contribution in [0.1, 0.15) is 23.2 Å². The fourth-order valence-corrected chi connectivity index (χ4v) is 2.40. The summed E-state index contributed by atoms with van der Waals surface area (Å²) in [6.07, 6.45) is 2.82. The van der Waals surface area contributed by atoms with Gasteiger partial charge in [-0.1, -0.05) is 29.3 Å². The third-order valence-electron chi connectivity index (χ3n) is 1.53. The molecule has 0 unspecified atom stereocenters. The zero-order chi connectivity index (χ0) is 9.84. The third-order valence-corrected chi connectivity index (χ3v) is 3.02. The molecule has 1 rings (SSSR count). The first-order valence-electron chi connectivity index (χ1n) is 3.74. The number of ketones is 1. The molecule has 1 heterocycles. The topological polar surface area (TPSA) is 17.1 Å². The molecular weight excluding hydrogens is 227 g/mol. The van der Waals surface area contributed by atoms with E-state index in [2.05, 4.69) is 6.58 Å². The van der Waals surface area contributed by atoms with Crippen molar-refractivity contribution >= 4 is 40.3 Å². The first kappa shape index (κ1) is 10.8. The van der Waals surface area contributed by atoms with Gasteiger partial charge in [-0.3, -0.25) is 4.79 Å². The smallest absolute Gasteiger partial charge is 0.165 e. The Morgan fingerprint density at radius 2 is 2.31 bits per heavy atom. The summed E-state index contributed by atoms with van der Waals surface area (Å²) in [6, 6.07) is 1.61. The maximum absolute atomic E-state index is 11.5. The van der Waals surface area contributed by atoms with Gasteiger partial charge in [0.2, 0.25) is 0 Å². The Labute approximate surface area is 91.0 Å². The standard InChI is InChI=1S/C9H8Cl2OS/c1-2-3-4-7(12)6-5-8(10)13-9(6)11/h2,5H,1,3-4H2. The molecule has 1 aromatic rings. The Balaban J connectivity index is 2.76. The van der Waals surface area contributed by atoms with E-state index in [-0.39, 0.29) is 5.78 Å². The first-order valence-corrected chi connectivity index (χ1v) is 5.31. The minimum atomic E-state index is 0.0213. The molecule has 0 aliphatic rings. The van der Waals surface area contributed by atoms with Gasteiger partial charge in [0.15, 0.2) is 5.78 Å². The fourth-order valence-electron chi connectivity index (χ4n) is 0.898. The molecule has 0 aliphatic carbocycles. The summed E-state index contributed by atoms with van der Waals surface area (Å²) in [5, 5.41) is 0. The number of allylic oxidation sites excluding steroid dienone is 1. The number of halogens is 2. The van der Waals surface area contributed by atoms with Gasteiger partial charge in [-0.25, -0.2) is 0 Å². The molecule has 0 bridgehead atoms. The predicted molar refractivity (Wildman–Crippen MR) is 58.1 cm³/mol. The molecule has 0 fully saturated rings. The normalized spacial score (nSPS) is 10.0. The number of Topliss-reactive ketones (excluding diaryl/α,β-unsaturated/α-hetero) is 1. The van der Waals surface area contributed by atoms with Crippen LogP contribution >= 0.6 is 34.5 Å². The Bertz CT molecular complexity index is 330. The molecule has 0 spiro atoms. The van der Waals surface area contributed by atoms with Crippen LogP contribution in [0.3, 0.4) is 0 Å². The van der Waals surface area contributed by atoms with Gasteiger partial charge in [0, 0.05) is 12.0 Å². The van der Waals surface area contributed by atoms with E-state index in [1.165, 1.54) is 11.3 Å². The van der Waals surface area contributed by atoms with E-state index in [0.29, 0.717) is 27.1 Å². The first-order chi connectivity index (χ1) is 6.15. The molecule has 0 aliphatic heterocycles. The van der Waals surface area contributed by atoms with Gasteiger partial charge in [0.05, 0.1) is 4.34 Å². The summed E-state index contributed by atoms with van der Waals surface area (Å²) < 4.78 is 1.02. The summed E-state index contributed by atoms with van der Waals surface area (Å²) in [6.45, 7) is 3.55. The zero-order valence-corrected chi connectivity index (χ0v) is 9.18. The molecule has 0 saturated carbocycles. The van der Waals surface area contributed by atoms with Crippen LogP contribution in [0.5, 0.6) is 0 Å². The number of hydrogen-bond donors (Lipinski definition) is 0. The Kier molecular flexibility index (Phi) is 3.97. The second-order valence-corrected chi connectivity index (χ2v) is 4.77. The molecule has 0 atom stereocenters. The minimum absolute atomic E-state index is 0.0213. The van der Waals surface area contributed by atoms with Crippen molar-refractivity contribution in [3.8, 4) is 0 Å². The SMILES string of the molecule is C=CCCC(=O)c1cc(Cl)sc1Cl. The average molecular weight is 235 g/mol. The van der Waals surface area contributed by atoms with Gasteiger partial charge in [0.25, 0.3) is 0 Å². The molecule has 1 nitrogen and oxygen atoms in total. The Morgan fingerprint density at radius 1 is 1.62 bits per heavy atom. The lowest BCUT2D eigenvalue weighted by Gasteiger charge is -1.94. The maximum Gasteiger partial charge on any atom is 0.165 e. The van der Waals surface area contributed by atoms with Crippen LogP contribution in [0.4, 0.5) is 0 Å². The van der Waals surface area contributed by atoms with Crippen LogP contribution in [0.15, 0.2) is 18.7 Å². The van der Waals surface area contributed by atoms with Crippen LogP contribution < -0.4 is 0 Å². The van der Waals surface area contributed by atoms with E-state index in [0.717, 1.165) is 0 Å². The highest BCUT2D eigenvalue weighted by atomic mass is 35.5. The van der Waals surface area contributed by atoms with Crippen LogP contribution in [-0.4, -0.2) is 5.78 Å². The van der Waals surface area contributed by atoms with Crippen LogP contribution in [0, 0.1) is 0 Å². The van der Waals surface area contributed by atoms with Crippen molar-refractivity contribution in [2.24, 2.45) is 0 Å². The molecule has 70 valence electrons. The number of carbonyl (C=O) groups excluding carboxylic acids is 1. The predicted octanol–water partition coefficient (Wildman–Crippen LogP) is 4.20. The number of hydrogen-bond acceptors (Lipinski definition) is 2. The summed E-state index contributed by atoms with van der Waals surface area (Å²) in [7, 11) is 0. The van der Waals surface area contributed by atoms with Crippen molar-refractivity contribution in [3.05, 3.63) is 33.0 Å². The van der Waals surface area contributed by atoms with Crippen molar-refractivity contribution < 1.29 is 4.79 Å². The van der Waals surface area contributed by atoms with E-state index in [1.54, 1.807) is 12.1 Å². The van der Waals surface area contributed by atoms with Gasteiger partial charge in [-0.2, -0.15) is 0 Å². The summed E-state index contributed by atoms with van der Waals surface area (Å²) >= 11 is 12.7. The van der Waals surface area contributed by atoms with E-state index < -0.39 is 0 Å². The second kappa shape index (κ2) is 4.80. The molecular formula is C9H8Cl2OS. The van der Waals surface area contributed by atoms with Crippen molar-refractivity contribution in [2.45, 2.75) is 12.8 Å². The van der Waals surface area contributed by atoms with Gasteiger partial charge >= 0.3 is 0 Å². The largest absolute Gasteiger partial charge is 0.294 e. The van der Waals surface area contributed by atoms with Crippen LogP contribution in [0.2, 0.25) is 8.67 Å². The third kappa shape index (κ3) is 2.83. The molecule has 4 heteroatoms. The number of carbonyl (C=O) groups is 1. The van der Waals surface area contributed by atoms with E-state index >= 15 is 0 Å². The maximum atomic E-state index is 11.5. The van der Waals surface area contributed by atoms with Gasteiger partial charge in [0.1, 0.15) is 4.34 Å². The van der Waals surface area contributed by atoms with Gasteiger partial charge in [-0.15, -0.1) is 17.9 Å². The molecule has 13 heavy (non-hydrogen) atoms. The molecule has 0 aromatic carbocycles. The lowest BCUT2D eigenvalue weighted by molar-refractivity contribution is 0.0984. The number of thiophene rings is 1. The molecule has 0 radical (unpaired) electrons. The highest BCUT2D eigenvalue weighted by molar-refractivity contribution is 7.20. The van der Waals surface area contributed by atoms with Crippen LogP contribution in [-0.2, 0) is 0 Å². The molecule has 0 saturated heterocycles. The van der Waals surface area contributed by atoms with E-state index in [1.807, 2.05) is 0 Å². The number of rotatable bonds is 4. The van der Waals surface area contributed by atoms with E-state index in [4.69, 9.17) is 23.2 Å². The average Bonchev–Trinajstić information content (AvgIpc) is 2.41. The zero-order valence-electron chi connectivity index (χ0n) is 6.85. The van der Waals surface area contributed by atoms with Gasteiger partial charge < -0.3 is 0 Å². The monoisotopic (exact) mass is 234 g/mol.